The first-order valence-electron chi connectivity index (χ1n) is 6.26. The Morgan fingerprint density at radius 2 is 2.28 bits per heavy atom. The van der Waals surface area contributed by atoms with Crippen molar-refractivity contribution < 1.29 is 4.79 Å². The molecule has 0 amide bonds. The van der Waals surface area contributed by atoms with Gasteiger partial charge >= 0.3 is 0 Å². The van der Waals surface area contributed by atoms with Crippen molar-refractivity contribution in [1.29, 1.82) is 0 Å². The number of benzene rings is 1. The third-order valence-electron chi connectivity index (χ3n) is 3.21. The highest BCUT2D eigenvalue weighted by Gasteiger charge is 2.23. The van der Waals surface area contributed by atoms with E-state index in [0.717, 1.165) is 18.5 Å². The topological polar surface area (TPSA) is 41.5 Å². The number of nitrogens with zero attached hydrogens (tertiary/aromatic N) is 1. The highest BCUT2D eigenvalue weighted by atomic mass is 35.5. The SMILES string of the molecule is CCc1ccc(NC2=NCCC(C)C2=O)c(Cl)c1. The monoisotopic (exact) mass is 264 g/mol. The Morgan fingerprint density at radius 3 is 2.94 bits per heavy atom. The number of anilines is 1. The Kier molecular flexibility index (Phi) is 4.02. The summed E-state index contributed by atoms with van der Waals surface area (Å²) >= 11 is 6.18. The number of aryl methyl sites for hydroxylation is 1. The molecule has 0 fully saturated rings. The van der Waals surface area contributed by atoms with Gasteiger partial charge in [0.15, 0.2) is 5.84 Å². The van der Waals surface area contributed by atoms with Crippen molar-refractivity contribution in [2.24, 2.45) is 10.9 Å². The van der Waals surface area contributed by atoms with E-state index in [-0.39, 0.29) is 11.7 Å². The molecule has 0 saturated carbocycles. The average Bonchev–Trinajstić information content (AvgIpc) is 2.37. The van der Waals surface area contributed by atoms with E-state index in [4.69, 9.17) is 11.6 Å². The summed E-state index contributed by atoms with van der Waals surface area (Å²) in [5, 5.41) is 3.68. The van der Waals surface area contributed by atoms with E-state index in [1.807, 2.05) is 25.1 Å². The van der Waals surface area contributed by atoms with Crippen molar-refractivity contribution in [2.45, 2.75) is 26.7 Å². The van der Waals surface area contributed by atoms with Crippen molar-refractivity contribution in [3.05, 3.63) is 28.8 Å². The van der Waals surface area contributed by atoms with E-state index in [1.54, 1.807) is 0 Å². The van der Waals surface area contributed by atoms with Gasteiger partial charge in [-0.25, -0.2) is 0 Å². The summed E-state index contributed by atoms with van der Waals surface area (Å²) in [5.41, 5.74) is 1.92. The normalized spacial score (nSPS) is 19.6. The lowest BCUT2D eigenvalue weighted by molar-refractivity contribution is -0.116. The van der Waals surface area contributed by atoms with Gasteiger partial charge in [-0.1, -0.05) is 31.5 Å². The number of aliphatic imine (C=N–C) groups is 1. The molecular weight excluding hydrogens is 248 g/mol. The van der Waals surface area contributed by atoms with Crippen molar-refractivity contribution in [2.75, 3.05) is 11.9 Å². The number of rotatable bonds is 2. The first kappa shape index (κ1) is 13.1. The van der Waals surface area contributed by atoms with E-state index in [2.05, 4.69) is 17.2 Å². The second-order valence-corrected chi connectivity index (χ2v) is 4.98. The Balaban J connectivity index is 2.19. The maximum absolute atomic E-state index is 11.9. The molecule has 1 heterocycles. The number of Topliss-reactive ketones (excluding diaryl/α,β-unsaturated/α-hetero) is 1. The molecule has 0 radical (unpaired) electrons. The zero-order valence-electron chi connectivity index (χ0n) is 10.7. The number of amidine groups is 1. The van der Waals surface area contributed by atoms with Gasteiger partial charge in [0.05, 0.1) is 10.7 Å². The lowest BCUT2D eigenvalue weighted by atomic mass is 9.99. The molecule has 0 saturated heterocycles. The van der Waals surface area contributed by atoms with E-state index >= 15 is 0 Å². The molecule has 0 aromatic heterocycles. The first-order valence-corrected chi connectivity index (χ1v) is 6.63. The van der Waals surface area contributed by atoms with Gasteiger partial charge in [0.25, 0.3) is 0 Å². The molecule has 1 aliphatic rings. The van der Waals surface area contributed by atoms with Crippen LogP contribution in [0.5, 0.6) is 0 Å². The molecule has 2 rings (SSSR count). The molecule has 1 atom stereocenters. The molecule has 18 heavy (non-hydrogen) atoms. The number of carbonyl (C=O) groups is 1. The first-order chi connectivity index (χ1) is 8.61. The predicted molar refractivity (Wildman–Crippen MR) is 75.5 cm³/mol. The maximum Gasteiger partial charge on any atom is 0.200 e. The lowest BCUT2D eigenvalue weighted by Crippen LogP contribution is -2.32. The average molecular weight is 265 g/mol. The van der Waals surface area contributed by atoms with Crippen LogP contribution in [0.25, 0.3) is 0 Å². The number of ketones is 1. The second-order valence-electron chi connectivity index (χ2n) is 4.58. The van der Waals surface area contributed by atoms with Crippen molar-refractivity contribution in [3.8, 4) is 0 Å². The van der Waals surface area contributed by atoms with Gasteiger partial charge in [-0.3, -0.25) is 9.79 Å². The van der Waals surface area contributed by atoms with Crippen LogP contribution in [0, 0.1) is 5.92 Å². The fraction of sp³-hybridized carbons (Fsp3) is 0.429. The van der Waals surface area contributed by atoms with Gasteiger partial charge in [0.2, 0.25) is 5.78 Å². The van der Waals surface area contributed by atoms with Gasteiger partial charge in [-0.05, 0) is 30.5 Å². The summed E-state index contributed by atoms with van der Waals surface area (Å²) in [6.45, 7) is 4.70. The van der Waals surface area contributed by atoms with Crippen LogP contribution in [-0.4, -0.2) is 18.2 Å². The Labute approximate surface area is 112 Å². The fourth-order valence-corrected chi connectivity index (χ4v) is 2.17. The number of hydrogen-bond donors (Lipinski definition) is 1. The second kappa shape index (κ2) is 5.53. The van der Waals surface area contributed by atoms with Crippen molar-refractivity contribution in [3.63, 3.8) is 0 Å². The highest BCUT2D eigenvalue weighted by molar-refractivity contribution is 6.45. The van der Waals surface area contributed by atoms with Crippen LogP contribution in [0.15, 0.2) is 23.2 Å². The minimum Gasteiger partial charge on any atom is -0.336 e. The predicted octanol–water partition coefficient (Wildman–Crippen LogP) is 3.32. The summed E-state index contributed by atoms with van der Waals surface area (Å²) < 4.78 is 0. The fourth-order valence-electron chi connectivity index (χ4n) is 1.92. The van der Waals surface area contributed by atoms with Crippen LogP contribution in [-0.2, 0) is 11.2 Å². The zero-order valence-corrected chi connectivity index (χ0v) is 11.4. The smallest absolute Gasteiger partial charge is 0.200 e. The van der Waals surface area contributed by atoms with Gasteiger partial charge < -0.3 is 5.32 Å². The molecule has 4 heteroatoms. The van der Waals surface area contributed by atoms with Crippen molar-refractivity contribution >= 4 is 28.9 Å². The Morgan fingerprint density at radius 1 is 1.50 bits per heavy atom. The van der Waals surface area contributed by atoms with Gasteiger partial charge in [0, 0.05) is 12.5 Å². The zero-order chi connectivity index (χ0) is 13.1. The third kappa shape index (κ3) is 2.72. The number of nitrogens with one attached hydrogen (secondary N) is 1. The van der Waals surface area contributed by atoms with E-state index in [9.17, 15) is 4.79 Å². The quantitative estimate of drug-likeness (QED) is 0.890. The molecule has 1 unspecified atom stereocenters. The summed E-state index contributed by atoms with van der Waals surface area (Å²) in [6, 6.07) is 5.82. The van der Waals surface area contributed by atoms with Crippen LogP contribution in [0.1, 0.15) is 25.8 Å². The Bertz CT molecular complexity index is 497. The highest BCUT2D eigenvalue weighted by Crippen LogP contribution is 2.24. The molecule has 96 valence electrons. The van der Waals surface area contributed by atoms with Crippen LogP contribution in [0.4, 0.5) is 5.69 Å². The minimum absolute atomic E-state index is 0.0405. The molecule has 1 aliphatic heterocycles. The molecule has 1 aromatic carbocycles. The molecule has 1 aromatic rings. The van der Waals surface area contributed by atoms with Crippen LogP contribution < -0.4 is 5.32 Å². The molecule has 3 nitrogen and oxygen atoms in total. The molecule has 0 aliphatic carbocycles. The van der Waals surface area contributed by atoms with E-state index in [1.165, 1.54) is 5.56 Å². The standard InChI is InChI=1S/C14H17ClN2O/c1-3-10-4-5-12(11(15)8-10)17-14-13(18)9(2)6-7-16-14/h4-5,8-9H,3,6-7H2,1-2H3,(H,16,17). The Hall–Kier alpha value is -1.35. The molecular formula is C14H17ClN2O. The summed E-state index contributed by atoms with van der Waals surface area (Å²) in [5.74, 6) is 0.537. The van der Waals surface area contributed by atoms with Crippen LogP contribution in [0.2, 0.25) is 5.02 Å². The summed E-state index contributed by atoms with van der Waals surface area (Å²) in [6.07, 6.45) is 1.77. The molecule has 1 N–H and O–H groups in total. The van der Waals surface area contributed by atoms with Crippen LogP contribution >= 0.6 is 11.6 Å². The minimum atomic E-state index is 0.0405. The largest absolute Gasteiger partial charge is 0.336 e. The van der Waals surface area contributed by atoms with E-state index < -0.39 is 0 Å². The molecule has 0 bridgehead atoms. The van der Waals surface area contributed by atoms with E-state index in [0.29, 0.717) is 17.4 Å². The lowest BCUT2D eigenvalue weighted by Gasteiger charge is -2.18. The maximum atomic E-state index is 11.9. The summed E-state index contributed by atoms with van der Waals surface area (Å²) in [4.78, 5) is 16.2. The van der Waals surface area contributed by atoms with Crippen molar-refractivity contribution in [1.82, 2.24) is 0 Å². The number of halogens is 1. The number of carbonyl (C=O) groups excluding carboxylic acids is 1. The van der Waals surface area contributed by atoms with Gasteiger partial charge in [-0.15, -0.1) is 0 Å². The molecule has 0 spiro atoms. The summed E-state index contributed by atoms with van der Waals surface area (Å²) in [7, 11) is 0. The van der Waals surface area contributed by atoms with Crippen LogP contribution in [0.3, 0.4) is 0 Å². The number of hydrogen-bond acceptors (Lipinski definition) is 3. The van der Waals surface area contributed by atoms with Gasteiger partial charge in [0.1, 0.15) is 0 Å². The third-order valence-corrected chi connectivity index (χ3v) is 3.52. The van der Waals surface area contributed by atoms with Gasteiger partial charge in [-0.2, -0.15) is 0 Å².